The zero-order valence-electron chi connectivity index (χ0n) is 14.4. The lowest BCUT2D eigenvalue weighted by molar-refractivity contribution is 0.0939. The Morgan fingerprint density at radius 2 is 2.00 bits per heavy atom. The van der Waals surface area contributed by atoms with Gasteiger partial charge in [-0.05, 0) is 40.7 Å². The minimum Gasteiger partial charge on any atom is -0.345 e. The third-order valence-corrected chi connectivity index (χ3v) is 4.12. The maximum Gasteiger partial charge on any atom is 0.252 e. The highest BCUT2D eigenvalue weighted by Gasteiger charge is 2.19. The van der Waals surface area contributed by atoms with Crippen molar-refractivity contribution in [3.05, 3.63) is 51.2 Å². The Labute approximate surface area is 136 Å². The van der Waals surface area contributed by atoms with Gasteiger partial charge in [0.1, 0.15) is 0 Å². The minimum absolute atomic E-state index is 0.168. The van der Waals surface area contributed by atoms with E-state index in [1.165, 1.54) is 6.07 Å². The van der Waals surface area contributed by atoms with Gasteiger partial charge in [-0.1, -0.05) is 0 Å². The Morgan fingerprint density at radius 1 is 1.30 bits per heavy atom. The molecule has 0 spiro atoms. The number of pyridine rings is 1. The van der Waals surface area contributed by atoms with Crippen LogP contribution in [0, 0.1) is 13.8 Å². The van der Waals surface area contributed by atoms with Crippen molar-refractivity contribution in [2.24, 2.45) is 0 Å². The number of nitrogens with zero attached hydrogens (tertiary/aromatic N) is 3. The van der Waals surface area contributed by atoms with Gasteiger partial charge in [0.2, 0.25) is 0 Å². The largest absolute Gasteiger partial charge is 0.345 e. The fourth-order valence-electron chi connectivity index (χ4n) is 2.91. The molecule has 6 heteroatoms. The van der Waals surface area contributed by atoms with Crippen molar-refractivity contribution >= 4 is 5.91 Å². The zero-order valence-corrected chi connectivity index (χ0v) is 14.4. The molecule has 1 N–H and O–H groups in total. The highest BCUT2D eigenvalue weighted by atomic mass is 16.2. The molecule has 0 saturated carbocycles. The monoisotopic (exact) mass is 316 g/mol. The van der Waals surface area contributed by atoms with Gasteiger partial charge < -0.3 is 9.88 Å². The van der Waals surface area contributed by atoms with E-state index in [-0.39, 0.29) is 17.5 Å². The number of carbonyl (C=O) groups is 1. The SMILES string of the molecule is CCn1nc(C)c([C@H](C)NC(=O)c2ccn(CC)c(=O)c2)c1C. The Bertz CT molecular complexity index is 773. The number of aryl methyl sites for hydroxylation is 3. The van der Waals surface area contributed by atoms with Gasteiger partial charge in [-0.25, -0.2) is 0 Å². The predicted molar refractivity (Wildman–Crippen MR) is 89.6 cm³/mol. The highest BCUT2D eigenvalue weighted by Crippen LogP contribution is 2.21. The van der Waals surface area contributed by atoms with Crippen molar-refractivity contribution in [1.29, 1.82) is 0 Å². The number of rotatable bonds is 5. The summed E-state index contributed by atoms with van der Waals surface area (Å²) in [7, 11) is 0. The average Bonchev–Trinajstić information content (AvgIpc) is 2.81. The maximum absolute atomic E-state index is 12.4. The molecule has 0 aliphatic carbocycles. The predicted octanol–water partition coefficient (Wildman–Crippen LogP) is 2.19. The Hall–Kier alpha value is -2.37. The summed E-state index contributed by atoms with van der Waals surface area (Å²) in [5.41, 5.74) is 3.21. The molecule has 0 fully saturated rings. The third kappa shape index (κ3) is 3.36. The number of hydrogen-bond donors (Lipinski definition) is 1. The van der Waals surface area contributed by atoms with E-state index in [2.05, 4.69) is 10.4 Å². The van der Waals surface area contributed by atoms with Crippen LogP contribution in [0.2, 0.25) is 0 Å². The van der Waals surface area contributed by atoms with Gasteiger partial charge in [0.15, 0.2) is 0 Å². The summed E-state index contributed by atoms with van der Waals surface area (Å²) in [5, 5.41) is 7.43. The van der Waals surface area contributed by atoms with Gasteiger partial charge in [-0.3, -0.25) is 14.3 Å². The fraction of sp³-hybridized carbons (Fsp3) is 0.471. The van der Waals surface area contributed by atoms with Gasteiger partial charge in [-0.15, -0.1) is 0 Å². The summed E-state index contributed by atoms with van der Waals surface area (Å²) in [6.45, 7) is 11.2. The molecule has 0 bridgehead atoms. The van der Waals surface area contributed by atoms with Gasteiger partial charge in [0, 0.05) is 42.2 Å². The molecule has 23 heavy (non-hydrogen) atoms. The molecule has 2 rings (SSSR count). The number of carbonyl (C=O) groups excluding carboxylic acids is 1. The van der Waals surface area contributed by atoms with E-state index in [1.54, 1.807) is 16.8 Å². The second-order valence-electron chi connectivity index (χ2n) is 5.64. The van der Waals surface area contributed by atoms with Gasteiger partial charge in [0.25, 0.3) is 11.5 Å². The summed E-state index contributed by atoms with van der Waals surface area (Å²) in [4.78, 5) is 24.2. The number of nitrogens with one attached hydrogen (secondary N) is 1. The second kappa shape index (κ2) is 6.81. The molecule has 1 atom stereocenters. The first-order valence-corrected chi connectivity index (χ1v) is 7.94. The summed E-state index contributed by atoms with van der Waals surface area (Å²) in [6, 6.07) is 2.87. The van der Waals surface area contributed by atoms with Crippen molar-refractivity contribution < 1.29 is 4.79 Å². The van der Waals surface area contributed by atoms with E-state index in [1.807, 2.05) is 39.3 Å². The van der Waals surface area contributed by atoms with E-state index >= 15 is 0 Å². The number of hydrogen-bond acceptors (Lipinski definition) is 3. The normalized spacial score (nSPS) is 12.2. The fourth-order valence-corrected chi connectivity index (χ4v) is 2.91. The van der Waals surface area contributed by atoms with E-state index in [9.17, 15) is 9.59 Å². The zero-order chi connectivity index (χ0) is 17.1. The van der Waals surface area contributed by atoms with Crippen LogP contribution >= 0.6 is 0 Å². The summed E-state index contributed by atoms with van der Waals surface area (Å²) in [6.07, 6.45) is 1.65. The topological polar surface area (TPSA) is 68.9 Å². The van der Waals surface area contributed by atoms with Crippen molar-refractivity contribution in [2.45, 2.75) is 53.8 Å². The lowest BCUT2D eigenvalue weighted by atomic mass is 10.1. The molecule has 0 radical (unpaired) electrons. The van der Waals surface area contributed by atoms with Crippen molar-refractivity contribution in [1.82, 2.24) is 19.7 Å². The second-order valence-corrected chi connectivity index (χ2v) is 5.64. The molecule has 0 saturated heterocycles. The molecule has 0 aliphatic rings. The lowest BCUT2D eigenvalue weighted by Crippen LogP contribution is -2.29. The molecule has 0 unspecified atom stereocenters. The van der Waals surface area contributed by atoms with Crippen molar-refractivity contribution in [3.63, 3.8) is 0 Å². The summed E-state index contributed by atoms with van der Waals surface area (Å²) in [5.74, 6) is -0.249. The Morgan fingerprint density at radius 3 is 2.52 bits per heavy atom. The standard InChI is InChI=1S/C17H24N4O2/c1-6-20-9-8-14(10-15(20)22)17(23)18-11(3)16-12(4)19-21(7-2)13(16)5/h8-11H,6-7H2,1-5H3,(H,18,23)/t11-/m0/s1. The van der Waals surface area contributed by atoms with Crippen LogP contribution in [0.3, 0.4) is 0 Å². The summed E-state index contributed by atoms with van der Waals surface area (Å²) >= 11 is 0. The van der Waals surface area contributed by atoms with E-state index in [4.69, 9.17) is 0 Å². The lowest BCUT2D eigenvalue weighted by Gasteiger charge is -2.15. The van der Waals surface area contributed by atoms with Crippen molar-refractivity contribution in [3.8, 4) is 0 Å². The first kappa shape index (κ1) is 17.0. The molecule has 2 heterocycles. The molecule has 1 amide bonds. The molecule has 6 nitrogen and oxygen atoms in total. The first-order valence-electron chi connectivity index (χ1n) is 7.94. The van der Waals surface area contributed by atoms with E-state index in [0.717, 1.165) is 23.5 Å². The summed E-state index contributed by atoms with van der Waals surface area (Å²) < 4.78 is 3.48. The third-order valence-electron chi connectivity index (χ3n) is 4.12. The van der Waals surface area contributed by atoms with Crippen LogP contribution in [-0.2, 0) is 13.1 Å². The molecular formula is C17H24N4O2. The quantitative estimate of drug-likeness (QED) is 0.919. The van der Waals surface area contributed by atoms with Crippen LogP contribution in [0.15, 0.2) is 23.1 Å². The molecule has 0 aliphatic heterocycles. The van der Waals surface area contributed by atoms with Crippen LogP contribution in [0.1, 0.15) is 54.1 Å². The molecule has 0 aromatic carbocycles. The smallest absolute Gasteiger partial charge is 0.252 e. The van der Waals surface area contributed by atoms with Crippen LogP contribution in [0.5, 0.6) is 0 Å². The molecule has 2 aromatic heterocycles. The first-order chi connectivity index (χ1) is 10.9. The number of amides is 1. The Balaban J connectivity index is 2.22. The molecule has 124 valence electrons. The maximum atomic E-state index is 12.4. The average molecular weight is 316 g/mol. The molecular weight excluding hydrogens is 292 g/mol. The van der Waals surface area contributed by atoms with Gasteiger partial charge in [-0.2, -0.15) is 5.10 Å². The van der Waals surface area contributed by atoms with Crippen LogP contribution < -0.4 is 10.9 Å². The number of aromatic nitrogens is 3. The van der Waals surface area contributed by atoms with Crippen molar-refractivity contribution in [2.75, 3.05) is 0 Å². The minimum atomic E-state index is -0.249. The van der Waals surface area contributed by atoms with Gasteiger partial charge in [0.05, 0.1) is 11.7 Å². The van der Waals surface area contributed by atoms with Crippen LogP contribution in [0.4, 0.5) is 0 Å². The Kier molecular flexibility index (Phi) is 5.03. The van der Waals surface area contributed by atoms with Gasteiger partial charge >= 0.3 is 0 Å². The molecule has 2 aromatic rings. The van der Waals surface area contributed by atoms with Crippen LogP contribution in [0.25, 0.3) is 0 Å². The van der Waals surface area contributed by atoms with E-state index in [0.29, 0.717) is 12.1 Å². The van der Waals surface area contributed by atoms with Crippen LogP contribution in [-0.4, -0.2) is 20.3 Å². The highest BCUT2D eigenvalue weighted by molar-refractivity contribution is 5.94. The van der Waals surface area contributed by atoms with E-state index < -0.39 is 0 Å².